The van der Waals surface area contributed by atoms with Gasteiger partial charge in [-0.2, -0.15) is 0 Å². The Labute approximate surface area is 104 Å². The monoisotopic (exact) mass is 253 g/mol. The number of hydrogen-bond acceptors (Lipinski definition) is 4. The minimum absolute atomic E-state index is 0.0162. The van der Waals surface area contributed by atoms with E-state index in [2.05, 4.69) is 10.6 Å². The van der Waals surface area contributed by atoms with Gasteiger partial charge in [0.25, 0.3) is 5.69 Å². The molecule has 1 rings (SSSR count). The average molecular weight is 253 g/mol. The van der Waals surface area contributed by atoms with E-state index < -0.39 is 11.0 Å². The Morgan fingerprint density at radius 1 is 1.50 bits per heavy atom. The molecule has 0 spiro atoms. The molecule has 0 saturated carbocycles. The summed E-state index contributed by atoms with van der Waals surface area (Å²) in [5.74, 6) is 0. The fourth-order valence-corrected chi connectivity index (χ4v) is 1.46. The number of carbonyl (C=O) groups is 1. The van der Waals surface area contributed by atoms with Gasteiger partial charge in [0.05, 0.1) is 11.5 Å². The van der Waals surface area contributed by atoms with E-state index in [0.29, 0.717) is 17.7 Å². The van der Waals surface area contributed by atoms with Gasteiger partial charge >= 0.3 is 6.03 Å². The van der Waals surface area contributed by atoms with Crippen LogP contribution in [0.3, 0.4) is 0 Å². The van der Waals surface area contributed by atoms with E-state index >= 15 is 0 Å². The number of aryl methyl sites for hydroxylation is 1. The number of hydrogen-bond donors (Lipinski definition) is 3. The number of aliphatic hydroxyl groups excluding tert-OH is 1. The van der Waals surface area contributed by atoms with Gasteiger partial charge in [-0.3, -0.25) is 10.1 Å². The van der Waals surface area contributed by atoms with Crippen molar-refractivity contribution in [2.45, 2.75) is 13.3 Å². The molecule has 2 amide bonds. The fourth-order valence-electron chi connectivity index (χ4n) is 1.46. The second-order valence-corrected chi connectivity index (χ2v) is 3.56. The van der Waals surface area contributed by atoms with E-state index in [-0.39, 0.29) is 18.8 Å². The third-order valence-electron chi connectivity index (χ3n) is 2.32. The number of nitro benzene ring substituents is 1. The topological polar surface area (TPSA) is 104 Å². The molecule has 0 bridgehead atoms. The number of nitrogens with one attached hydrogen (secondary N) is 2. The van der Waals surface area contributed by atoms with E-state index in [9.17, 15) is 14.9 Å². The minimum Gasteiger partial charge on any atom is -0.395 e. The third-order valence-corrected chi connectivity index (χ3v) is 2.32. The van der Waals surface area contributed by atoms with Crippen LogP contribution in [0.1, 0.15) is 12.5 Å². The van der Waals surface area contributed by atoms with Crippen molar-refractivity contribution < 1.29 is 14.8 Å². The molecule has 1 aromatic rings. The van der Waals surface area contributed by atoms with Crippen molar-refractivity contribution in [3.8, 4) is 0 Å². The number of rotatable bonds is 5. The van der Waals surface area contributed by atoms with Crippen LogP contribution in [0, 0.1) is 10.1 Å². The maximum absolute atomic E-state index is 11.3. The molecule has 18 heavy (non-hydrogen) atoms. The highest BCUT2D eigenvalue weighted by Gasteiger charge is 2.13. The number of urea groups is 1. The zero-order valence-corrected chi connectivity index (χ0v) is 9.97. The summed E-state index contributed by atoms with van der Waals surface area (Å²) >= 11 is 0. The number of benzene rings is 1. The van der Waals surface area contributed by atoms with Crippen molar-refractivity contribution in [3.05, 3.63) is 33.9 Å². The molecule has 7 nitrogen and oxygen atoms in total. The molecule has 0 radical (unpaired) electrons. The molecule has 0 aliphatic rings. The third kappa shape index (κ3) is 3.70. The lowest BCUT2D eigenvalue weighted by atomic mass is 10.1. The molecule has 98 valence electrons. The van der Waals surface area contributed by atoms with E-state index in [1.54, 1.807) is 12.1 Å². The molecule has 7 heteroatoms. The van der Waals surface area contributed by atoms with E-state index in [4.69, 9.17) is 5.11 Å². The van der Waals surface area contributed by atoms with Gasteiger partial charge in [0.2, 0.25) is 0 Å². The Balaban J connectivity index is 2.82. The zero-order valence-electron chi connectivity index (χ0n) is 9.97. The van der Waals surface area contributed by atoms with Crippen LogP contribution in [0.15, 0.2) is 18.2 Å². The number of carbonyl (C=O) groups excluding carboxylic acids is 1. The van der Waals surface area contributed by atoms with Crippen LogP contribution in [0.2, 0.25) is 0 Å². The predicted octanol–water partition coefficient (Wildman–Crippen LogP) is 1.27. The maximum Gasteiger partial charge on any atom is 0.319 e. The Morgan fingerprint density at radius 3 is 2.78 bits per heavy atom. The Kier molecular flexibility index (Phi) is 5.06. The number of nitrogens with zero attached hydrogens (tertiary/aromatic N) is 1. The van der Waals surface area contributed by atoms with Gasteiger partial charge in [-0.15, -0.1) is 0 Å². The van der Waals surface area contributed by atoms with Crippen molar-refractivity contribution in [2.75, 3.05) is 18.5 Å². The number of nitro groups is 1. The van der Waals surface area contributed by atoms with Gasteiger partial charge in [0.15, 0.2) is 0 Å². The first kappa shape index (κ1) is 13.9. The lowest BCUT2D eigenvalue weighted by Gasteiger charge is -2.07. The normalized spacial score (nSPS) is 9.89. The average Bonchev–Trinajstić information content (AvgIpc) is 2.36. The number of aliphatic hydroxyl groups is 1. The van der Waals surface area contributed by atoms with Crippen LogP contribution in [-0.2, 0) is 6.42 Å². The first-order valence-corrected chi connectivity index (χ1v) is 5.51. The lowest BCUT2D eigenvalue weighted by Crippen LogP contribution is -2.30. The zero-order chi connectivity index (χ0) is 13.5. The van der Waals surface area contributed by atoms with Crippen molar-refractivity contribution in [2.24, 2.45) is 0 Å². The summed E-state index contributed by atoms with van der Waals surface area (Å²) in [5, 5.41) is 24.2. The first-order valence-electron chi connectivity index (χ1n) is 5.51. The molecule has 0 aliphatic carbocycles. The van der Waals surface area contributed by atoms with Crippen LogP contribution in [0.5, 0.6) is 0 Å². The highest BCUT2D eigenvalue weighted by Crippen LogP contribution is 2.23. The van der Waals surface area contributed by atoms with Gasteiger partial charge in [-0.05, 0) is 12.5 Å². The number of amides is 2. The second-order valence-electron chi connectivity index (χ2n) is 3.56. The molecule has 0 saturated heterocycles. The SMILES string of the molecule is CCc1ccc(NC(=O)NCCO)cc1[N+](=O)[O-]. The molecule has 0 atom stereocenters. The summed E-state index contributed by atoms with van der Waals surface area (Å²) < 4.78 is 0. The van der Waals surface area contributed by atoms with Crippen molar-refractivity contribution in [1.82, 2.24) is 5.32 Å². The molecule has 0 unspecified atom stereocenters. The van der Waals surface area contributed by atoms with Crippen LogP contribution in [-0.4, -0.2) is 29.2 Å². The van der Waals surface area contributed by atoms with Crippen LogP contribution in [0.25, 0.3) is 0 Å². The molecular formula is C11H15N3O4. The maximum atomic E-state index is 11.3. The van der Waals surface area contributed by atoms with Gasteiger partial charge in [-0.25, -0.2) is 4.79 Å². The summed E-state index contributed by atoms with van der Waals surface area (Å²) in [4.78, 5) is 21.7. The van der Waals surface area contributed by atoms with E-state index in [1.807, 2.05) is 6.92 Å². The highest BCUT2D eigenvalue weighted by molar-refractivity contribution is 5.89. The molecule has 0 aliphatic heterocycles. The van der Waals surface area contributed by atoms with Crippen LogP contribution >= 0.6 is 0 Å². The highest BCUT2D eigenvalue weighted by atomic mass is 16.6. The molecule has 0 aromatic heterocycles. The second kappa shape index (κ2) is 6.55. The molecular weight excluding hydrogens is 238 g/mol. The Morgan fingerprint density at radius 2 is 2.22 bits per heavy atom. The summed E-state index contributed by atoms with van der Waals surface area (Å²) in [6.45, 7) is 1.78. The molecule has 3 N–H and O–H groups in total. The quantitative estimate of drug-likeness (QED) is 0.542. The largest absolute Gasteiger partial charge is 0.395 e. The van der Waals surface area contributed by atoms with E-state index in [1.165, 1.54) is 6.07 Å². The van der Waals surface area contributed by atoms with Gasteiger partial charge < -0.3 is 15.7 Å². The molecule has 0 fully saturated rings. The van der Waals surface area contributed by atoms with Crippen molar-refractivity contribution in [1.29, 1.82) is 0 Å². The molecule has 1 aromatic carbocycles. The Hall–Kier alpha value is -2.15. The first-order chi connectivity index (χ1) is 8.58. The van der Waals surface area contributed by atoms with E-state index in [0.717, 1.165) is 0 Å². The van der Waals surface area contributed by atoms with Crippen molar-refractivity contribution >= 4 is 17.4 Å². The summed E-state index contributed by atoms with van der Waals surface area (Å²) in [5.41, 5.74) is 0.938. The fraction of sp³-hybridized carbons (Fsp3) is 0.364. The number of anilines is 1. The lowest BCUT2D eigenvalue weighted by molar-refractivity contribution is -0.385. The summed E-state index contributed by atoms with van der Waals surface area (Å²) in [7, 11) is 0. The van der Waals surface area contributed by atoms with Crippen LogP contribution in [0.4, 0.5) is 16.2 Å². The smallest absolute Gasteiger partial charge is 0.319 e. The van der Waals surface area contributed by atoms with Gasteiger partial charge in [-0.1, -0.05) is 13.0 Å². The Bertz CT molecular complexity index is 448. The minimum atomic E-state index is -0.511. The van der Waals surface area contributed by atoms with Crippen molar-refractivity contribution in [3.63, 3.8) is 0 Å². The van der Waals surface area contributed by atoms with Crippen LogP contribution < -0.4 is 10.6 Å². The summed E-state index contributed by atoms with van der Waals surface area (Å²) in [6.07, 6.45) is 0.549. The molecule has 0 heterocycles. The standard InChI is InChI=1S/C11H15N3O4/c1-2-8-3-4-9(7-10(8)14(17)18)13-11(16)12-5-6-15/h3-4,7,15H,2,5-6H2,1H3,(H2,12,13,16). The van der Waals surface area contributed by atoms with Gasteiger partial charge in [0.1, 0.15) is 0 Å². The predicted molar refractivity (Wildman–Crippen MR) is 66.6 cm³/mol. The van der Waals surface area contributed by atoms with Gasteiger partial charge in [0, 0.05) is 23.9 Å². The summed E-state index contributed by atoms with van der Waals surface area (Å²) in [6, 6.07) is 4.02.